The third-order valence-electron chi connectivity index (χ3n) is 3.76. The van der Waals surface area contributed by atoms with E-state index in [1.54, 1.807) is 12.1 Å². The maximum absolute atomic E-state index is 12.2. The molecular formula is C13H18O3. The number of carbonyl (C=O) groups excluding carboxylic acids is 1. The van der Waals surface area contributed by atoms with Crippen molar-refractivity contribution in [3.63, 3.8) is 0 Å². The van der Waals surface area contributed by atoms with E-state index in [1.165, 1.54) is 6.26 Å². The van der Waals surface area contributed by atoms with E-state index in [4.69, 9.17) is 4.42 Å². The van der Waals surface area contributed by atoms with Crippen molar-refractivity contribution in [1.29, 1.82) is 0 Å². The zero-order valence-corrected chi connectivity index (χ0v) is 9.77. The maximum atomic E-state index is 12.2. The highest BCUT2D eigenvalue weighted by molar-refractivity contribution is 5.87. The van der Waals surface area contributed by atoms with Gasteiger partial charge in [-0.1, -0.05) is 13.3 Å². The van der Waals surface area contributed by atoms with Gasteiger partial charge in [-0.25, -0.2) is 0 Å². The van der Waals surface area contributed by atoms with Gasteiger partial charge in [0.25, 0.3) is 0 Å². The number of aliphatic hydroxyl groups excluding tert-OH is 1. The molecular weight excluding hydrogens is 204 g/mol. The molecule has 1 N–H and O–H groups in total. The molecule has 1 aliphatic rings. The van der Waals surface area contributed by atoms with E-state index in [-0.39, 0.29) is 11.7 Å². The minimum atomic E-state index is -0.822. The fourth-order valence-electron chi connectivity index (χ4n) is 2.62. The molecule has 3 heteroatoms. The molecule has 2 rings (SSSR count). The molecule has 1 aromatic rings. The molecule has 16 heavy (non-hydrogen) atoms. The van der Waals surface area contributed by atoms with Crippen LogP contribution in [-0.2, 0) is 4.79 Å². The predicted octanol–water partition coefficient (Wildman–Crippen LogP) is 2.71. The van der Waals surface area contributed by atoms with Crippen molar-refractivity contribution < 1.29 is 14.3 Å². The monoisotopic (exact) mass is 222 g/mol. The standard InChI is InChI=1S/C13H18O3/c1-9-5-3-7-13(2,11(9)14)12(15)10-6-4-8-16-10/h4,6,8-9,12,15H,3,5,7H2,1-2H3/t9?,12-,13+/m0/s1. The van der Waals surface area contributed by atoms with Gasteiger partial charge in [-0.3, -0.25) is 4.79 Å². The molecule has 88 valence electrons. The van der Waals surface area contributed by atoms with E-state index in [1.807, 2.05) is 13.8 Å². The van der Waals surface area contributed by atoms with E-state index in [2.05, 4.69) is 0 Å². The number of ketones is 1. The Morgan fingerprint density at radius 2 is 2.38 bits per heavy atom. The summed E-state index contributed by atoms with van der Waals surface area (Å²) in [6.07, 6.45) is 3.36. The molecule has 0 bridgehead atoms. The van der Waals surface area contributed by atoms with E-state index >= 15 is 0 Å². The lowest BCUT2D eigenvalue weighted by Gasteiger charge is -2.38. The molecule has 1 aromatic heterocycles. The molecule has 1 fully saturated rings. The highest BCUT2D eigenvalue weighted by Gasteiger charge is 2.46. The first-order valence-corrected chi connectivity index (χ1v) is 5.81. The van der Waals surface area contributed by atoms with Gasteiger partial charge in [0.05, 0.1) is 11.7 Å². The van der Waals surface area contributed by atoms with Crippen molar-refractivity contribution in [2.75, 3.05) is 0 Å². The van der Waals surface area contributed by atoms with Crippen LogP contribution in [0, 0.1) is 11.3 Å². The third kappa shape index (κ3) is 1.69. The van der Waals surface area contributed by atoms with Crippen LogP contribution in [0.25, 0.3) is 0 Å². The van der Waals surface area contributed by atoms with E-state index < -0.39 is 11.5 Å². The second-order valence-corrected chi connectivity index (χ2v) is 4.99. The van der Waals surface area contributed by atoms with Crippen molar-refractivity contribution >= 4 is 5.78 Å². The van der Waals surface area contributed by atoms with Crippen molar-refractivity contribution in [2.24, 2.45) is 11.3 Å². The zero-order chi connectivity index (χ0) is 11.8. The summed E-state index contributed by atoms with van der Waals surface area (Å²) in [6.45, 7) is 3.78. The van der Waals surface area contributed by atoms with Gasteiger partial charge in [-0.2, -0.15) is 0 Å². The Morgan fingerprint density at radius 3 is 3.00 bits per heavy atom. The van der Waals surface area contributed by atoms with E-state index in [0.29, 0.717) is 5.76 Å². The Labute approximate surface area is 95.5 Å². The first-order chi connectivity index (χ1) is 7.55. The van der Waals surface area contributed by atoms with Crippen LogP contribution in [0.5, 0.6) is 0 Å². The molecule has 0 aromatic carbocycles. The van der Waals surface area contributed by atoms with Crippen LogP contribution in [0.4, 0.5) is 0 Å². The number of hydrogen-bond donors (Lipinski definition) is 1. The minimum absolute atomic E-state index is 0.0448. The van der Waals surface area contributed by atoms with Crippen LogP contribution in [0.1, 0.15) is 45.0 Å². The van der Waals surface area contributed by atoms with Gasteiger partial charge in [-0.05, 0) is 31.9 Å². The SMILES string of the molecule is CC1CCC[C@@](C)([C@@H](O)c2ccco2)C1=O. The number of Topliss-reactive ketones (excluding diaryl/α,β-unsaturated/α-hetero) is 1. The van der Waals surface area contributed by atoms with Crippen LogP contribution in [0.3, 0.4) is 0 Å². The fourth-order valence-corrected chi connectivity index (χ4v) is 2.62. The third-order valence-corrected chi connectivity index (χ3v) is 3.76. The van der Waals surface area contributed by atoms with Gasteiger partial charge in [0, 0.05) is 5.92 Å². The van der Waals surface area contributed by atoms with Crippen molar-refractivity contribution in [3.05, 3.63) is 24.2 Å². The number of carbonyl (C=O) groups is 1. The van der Waals surface area contributed by atoms with Crippen LogP contribution >= 0.6 is 0 Å². The Hall–Kier alpha value is -1.09. The van der Waals surface area contributed by atoms with Crippen LogP contribution in [0.15, 0.2) is 22.8 Å². The predicted molar refractivity (Wildman–Crippen MR) is 59.8 cm³/mol. The van der Waals surface area contributed by atoms with Crippen LogP contribution in [-0.4, -0.2) is 10.9 Å². The molecule has 1 saturated carbocycles. The first-order valence-electron chi connectivity index (χ1n) is 5.81. The fraction of sp³-hybridized carbons (Fsp3) is 0.615. The summed E-state index contributed by atoms with van der Waals surface area (Å²) in [5.74, 6) is 0.691. The summed E-state index contributed by atoms with van der Waals surface area (Å²) in [4.78, 5) is 12.2. The lowest BCUT2D eigenvalue weighted by Crippen LogP contribution is -2.41. The highest BCUT2D eigenvalue weighted by Crippen LogP contribution is 2.45. The molecule has 0 saturated heterocycles. The average Bonchev–Trinajstić information content (AvgIpc) is 2.78. The molecule has 3 atom stereocenters. The molecule has 1 heterocycles. The summed E-state index contributed by atoms with van der Waals surface area (Å²) in [6, 6.07) is 3.46. The molecule has 0 spiro atoms. The Bertz CT molecular complexity index is 369. The van der Waals surface area contributed by atoms with E-state index in [9.17, 15) is 9.90 Å². The summed E-state index contributed by atoms with van der Waals surface area (Å²) in [5.41, 5.74) is -0.685. The second-order valence-electron chi connectivity index (χ2n) is 4.99. The number of hydrogen-bond acceptors (Lipinski definition) is 3. The number of furan rings is 1. The summed E-state index contributed by atoms with van der Waals surface area (Å²) in [7, 11) is 0. The van der Waals surface area contributed by atoms with Crippen LogP contribution in [0.2, 0.25) is 0 Å². The van der Waals surface area contributed by atoms with Gasteiger partial charge >= 0.3 is 0 Å². The van der Waals surface area contributed by atoms with Gasteiger partial charge in [0.1, 0.15) is 17.6 Å². The van der Waals surface area contributed by atoms with Gasteiger partial charge in [0.15, 0.2) is 0 Å². The molecule has 1 unspecified atom stereocenters. The normalized spacial score (nSPS) is 32.7. The second kappa shape index (κ2) is 4.06. The molecule has 0 aliphatic heterocycles. The summed E-state index contributed by atoms with van der Waals surface area (Å²) >= 11 is 0. The van der Waals surface area contributed by atoms with Crippen molar-refractivity contribution in [3.8, 4) is 0 Å². The molecule has 0 amide bonds. The maximum Gasteiger partial charge on any atom is 0.144 e. The van der Waals surface area contributed by atoms with Crippen molar-refractivity contribution in [1.82, 2.24) is 0 Å². The Morgan fingerprint density at radius 1 is 1.62 bits per heavy atom. The number of rotatable bonds is 2. The molecule has 3 nitrogen and oxygen atoms in total. The lowest BCUT2D eigenvalue weighted by molar-refractivity contribution is -0.143. The van der Waals surface area contributed by atoms with E-state index in [0.717, 1.165) is 19.3 Å². The van der Waals surface area contributed by atoms with Crippen molar-refractivity contribution in [2.45, 2.75) is 39.2 Å². The smallest absolute Gasteiger partial charge is 0.144 e. The average molecular weight is 222 g/mol. The summed E-state index contributed by atoms with van der Waals surface area (Å²) < 4.78 is 5.20. The molecule has 0 radical (unpaired) electrons. The summed E-state index contributed by atoms with van der Waals surface area (Å²) in [5, 5.41) is 10.3. The zero-order valence-electron chi connectivity index (χ0n) is 9.77. The number of aliphatic hydroxyl groups is 1. The highest BCUT2D eigenvalue weighted by atomic mass is 16.4. The minimum Gasteiger partial charge on any atom is -0.467 e. The largest absolute Gasteiger partial charge is 0.467 e. The van der Waals surface area contributed by atoms with Crippen LogP contribution < -0.4 is 0 Å². The topological polar surface area (TPSA) is 50.4 Å². The molecule has 1 aliphatic carbocycles. The Kier molecular flexibility index (Phi) is 2.89. The van der Waals surface area contributed by atoms with Gasteiger partial charge in [-0.15, -0.1) is 0 Å². The van der Waals surface area contributed by atoms with Gasteiger partial charge < -0.3 is 9.52 Å². The Balaban J connectivity index is 2.27. The first kappa shape index (κ1) is 11.4. The lowest BCUT2D eigenvalue weighted by atomic mass is 9.66. The van der Waals surface area contributed by atoms with Gasteiger partial charge in [0.2, 0.25) is 0 Å². The quantitative estimate of drug-likeness (QED) is 0.837.